The number of carbonyl (C=O) groups is 1. The van der Waals surface area contributed by atoms with Crippen LogP contribution in [0, 0.1) is 17.3 Å². The van der Waals surface area contributed by atoms with E-state index in [4.69, 9.17) is 9.47 Å². The van der Waals surface area contributed by atoms with Gasteiger partial charge < -0.3 is 14.6 Å². The molecule has 0 spiro atoms. The van der Waals surface area contributed by atoms with E-state index in [-0.39, 0.29) is 24.1 Å². The largest absolute Gasteiger partial charge is 0.459 e. The maximum atomic E-state index is 11.9. The van der Waals surface area contributed by atoms with E-state index >= 15 is 0 Å². The smallest absolute Gasteiger partial charge is 0.333 e. The number of epoxide rings is 1. The Morgan fingerprint density at radius 2 is 2.21 bits per heavy atom. The molecule has 2 saturated carbocycles. The van der Waals surface area contributed by atoms with Crippen molar-refractivity contribution < 1.29 is 19.4 Å². The predicted molar refractivity (Wildman–Crippen MR) is 92.4 cm³/mol. The lowest BCUT2D eigenvalue weighted by molar-refractivity contribution is -0.143. The highest BCUT2D eigenvalue weighted by molar-refractivity contribution is 5.87. The third-order valence-corrected chi connectivity index (χ3v) is 6.56. The van der Waals surface area contributed by atoms with Gasteiger partial charge in [0.05, 0.1) is 12.2 Å². The first-order chi connectivity index (χ1) is 11.2. The zero-order valence-electron chi connectivity index (χ0n) is 15.3. The van der Waals surface area contributed by atoms with Crippen LogP contribution in [0.5, 0.6) is 0 Å². The van der Waals surface area contributed by atoms with Crippen molar-refractivity contribution in [3.63, 3.8) is 0 Å². The summed E-state index contributed by atoms with van der Waals surface area (Å²) in [5.74, 6) is 0.601. The molecule has 134 valence electrons. The number of ether oxygens (including phenoxy) is 2. The Labute approximate surface area is 144 Å². The second-order valence-electron chi connectivity index (χ2n) is 8.46. The van der Waals surface area contributed by atoms with E-state index in [1.165, 1.54) is 5.57 Å². The first kappa shape index (κ1) is 17.7. The lowest BCUT2D eigenvalue weighted by atomic mass is 9.52. The van der Waals surface area contributed by atoms with Crippen LogP contribution >= 0.6 is 0 Å². The number of hydrogen-bond acceptors (Lipinski definition) is 4. The number of esters is 1. The van der Waals surface area contributed by atoms with Crippen LogP contribution in [0.4, 0.5) is 0 Å². The van der Waals surface area contributed by atoms with Gasteiger partial charge in [-0.05, 0) is 56.8 Å². The molecule has 1 heterocycles. The fraction of sp³-hybridized carbons (Fsp3) is 0.750. The molecule has 0 aromatic carbocycles. The van der Waals surface area contributed by atoms with Crippen molar-refractivity contribution in [2.24, 2.45) is 17.3 Å². The first-order valence-electron chi connectivity index (χ1n) is 9.05. The van der Waals surface area contributed by atoms with Gasteiger partial charge >= 0.3 is 5.97 Å². The number of aliphatic hydroxyl groups is 1. The van der Waals surface area contributed by atoms with Gasteiger partial charge in [0.2, 0.25) is 0 Å². The van der Waals surface area contributed by atoms with Gasteiger partial charge in [-0.2, -0.15) is 0 Å². The zero-order valence-corrected chi connectivity index (χ0v) is 15.3. The van der Waals surface area contributed by atoms with Crippen molar-refractivity contribution in [1.29, 1.82) is 0 Å². The van der Waals surface area contributed by atoms with Gasteiger partial charge in [0.1, 0.15) is 6.61 Å². The molecule has 0 aromatic heterocycles. The van der Waals surface area contributed by atoms with Crippen LogP contribution in [0.2, 0.25) is 0 Å². The van der Waals surface area contributed by atoms with Crippen LogP contribution in [0.1, 0.15) is 53.4 Å². The van der Waals surface area contributed by atoms with Gasteiger partial charge in [-0.25, -0.2) is 4.79 Å². The third kappa shape index (κ3) is 2.84. The number of allylic oxidation sites excluding steroid dienone is 2. The van der Waals surface area contributed by atoms with E-state index in [9.17, 15) is 9.90 Å². The van der Waals surface area contributed by atoms with E-state index in [0.29, 0.717) is 23.8 Å². The molecule has 3 aliphatic rings. The van der Waals surface area contributed by atoms with Crippen molar-refractivity contribution in [2.75, 3.05) is 6.61 Å². The van der Waals surface area contributed by atoms with Crippen LogP contribution in [0.3, 0.4) is 0 Å². The van der Waals surface area contributed by atoms with Crippen LogP contribution in [0.25, 0.3) is 0 Å². The molecule has 4 heteroatoms. The summed E-state index contributed by atoms with van der Waals surface area (Å²) >= 11 is 0. The van der Waals surface area contributed by atoms with Crippen molar-refractivity contribution in [2.45, 2.75) is 71.2 Å². The fourth-order valence-corrected chi connectivity index (χ4v) is 4.56. The minimum absolute atomic E-state index is 0.0384. The summed E-state index contributed by atoms with van der Waals surface area (Å²) in [5.41, 5.74) is 1.38. The normalized spacial score (nSPS) is 41.0. The van der Waals surface area contributed by atoms with Crippen molar-refractivity contribution in [1.82, 2.24) is 0 Å². The molecule has 2 aliphatic carbocycles. The highest BCUT2D eigenvalue weighted by Crippen LogP contribution is 2.59. The lowest BCUT2D eigenvalue weighted by Crippen LogP contribution is -2.48. The summed E-state index contributed by atoms with van der Waals surface area (Å²) in [6.07, 6.45) is 4.71. The quantitative estimate of drug-likeness (QED) is 0.372. The number of carbonyl (C=O) groups excluding carboxylic acids is 1. The molecule has 3 fully saturated rings. The van der Waals surface area contributed by atoms with Crippen molar-refractivity contribution in [3.8, 4) is 0 Å². The van der Waals surface area contributed by atoms with Gasteiger partial charge in [0, 0.05) is 5.57 Å². The van der Waals surface area contributed by atoms with Crippen LogP contribution < -0.4 is 0 Å². The summed E-state index contributed by atoms with van der Waals surface area (Å²) in [4.78, 5) is 11.9. The molecule has 1 saturated heterocycles. The molecule has 0 bridgehead atoms. The summed E-state index contributed by atoms with van der Waals surface area (Å²) < 4.78 is 11.3. The second-order valence-corrected chi connectivity index (χ2v) is 8.46. The Kier molecular flexibility index (Phi) is 4.42. The SMILES string of the molecule is C=C1CCC2OC2(COC(=O)C(C)=CC)C(O)CC2C1CC2(C)C. The summed E-state index contributed by atoms with van der Waals surface area (Å²) in [5, 5.41) is 10.9. The lowest BCUT2D eigenvalue weighted by Gasteiger charge is -2.53. The van der Waals surface area contributed by atoms with Gasteiger partial charge in [-0.15, -0.1) is 0 Å². The van der Waals surface area contributed by atoms with E-state index in [1.807, 2.05) is 6.92 Å². The molecule has 0 radical (unpaired) electrons. The number of aliphatic hydroxyl groups excluding tert-OH is 1. The Morgan fingerprint density at radius 3 is 2.83 bits per heavy atom. The maximum absolute atomic E-state index is 11.9. The summed E-state index contributed by atoms with van der Waals surface area (Å²) in [6.45, 7) is 12.5. The minimum atomic E-state index is -0.718. The van der Waals surface area contributed by atoms with E-state index in [2.05, 4.69) is 20.4 Å². The van der Waals surface area contributed by atoms with E-state index < -0.39 is 11.7 Å². The highest BCUT2D eigenvalue weighted by Gasteiger charge is 2.64. The van der Waals surface area contributed by atoms with Gasteiger partial charge in [0.25, 0.3) is 0 Å². The third-order valence-electron chi connectivity index (χ3n) is 6.56. The first-order valence-corrected chi connectivity index (χ1v) is 9.05. The fourth-order valence-electron chi connectivity index (χ4n) is 4.56. The molecule has 3 rings (SSSR count). The molecule has 24 heavy (non-hydrogen) atoms. The number of fused-ring (bicyclic) bond motifs is 2. The van der Waals surface area contributed by atoms with Gasteiger partial charge in [-0.1, -0.05) is 32.1 Å². The molecule has 0 aromatic rings. The molecule has 5 unspecified atom stereocenters. The van der Waals surface area contributed by atoms with Gasteiger partial charge in [-0.3, -0.25) is 0 Å². The Hall–Kier alpha value is -1.13. The van der Waals surface area contributed by atoms with Crippen LogP contribution in [-0.4, -0.2) is 35.5 Å². The molecule has 5 atom stereocenters. The zero-order chi connectivity index (χ0) is 17.7. The standard InChI is InChI=1S/C20H30O4/c1-6-12(2)18(22)23-11-20-16(21)9-15-14(10-19(15,4)5)13(3)7-8-17(20)24-20/h6,14-17,21H,3,7-11H2,1-2,4-5H3. The van der Waals surface area contributed by atoms with Crippen molar-refractivity contribution in [3.05, 3.63) is 23.8 Å². The minimum Gasteiger partial charge on any atom is -0.459 e. The van der Waals surface area contributed by atoms with E-state index in [1.54, 1.807) is 13.0 Å². The molecular formula is C20H30O4. The monoisotopic (exact) mass is 334 g/mol. The molecule has 1 N–H and O–H groups in total. The molecule has 4 nitrogen and oxygen atoms in total. The summed E-state index contributed by atoms with van der Waals surface area (Å²) in [7, 11) is 0. The molecule has 0 amide bonds. The molecule has 1 aliphatic heterocycles. The van der Waals surface area contributed by atoms with Crippen LogP contribution in [0.15, 0.2) is 23.8 Å². The maximum Gasteiger partial charge on any atom is 0.333 e. The second kappa shape index (κ2) is 5.99. The van der Waals surface area contributed by atoms with Crippen molar-refractivity contribution >= 4 is 5.97 Å². The van der Waals surface area contributed by atoms with E-state index in [0.717, 1.165) is 19.3 Å². The Bertz CT molecular complexity index is 576. The average Bonchev–Trinajstić information content (AvgIpc) is 3.26. The van der Waals surface area contributed by atoms with Gasteiger partial charge in [0.15, 0.2) is 5.60 Å². The predicted octanol–water partition coefficient (Wildman–Crippen LogP) is 3.40. The number of rotatable bonds is 3. The topological polar surface area (TPSA) is 59.1 Å². The Balaban J connectivity index is 1.73. The average molecular weight is 334 g/mol. The molecular weight excluding hydrogens is 304 g/mol. The summed E-state index contributed by atoms with van der Waals surface area (Å²) in [6, 6.07) is 0. The van der Waals surface area contributed by atoms with Crippen LogP contribution in [-0.2, 0) is 14.3 Å². The number of hydrogen-bond donors (Lipinski definition) is 1. The Morgan fingerprint density at radius 1 is 1.50 bits per heavy atom. The highest BCUT2D eigenvalue weighted by atomic mass is 16.7.